The zero-order valence-electron chi connectivity index (χ0n) is 23.5. The Balaban J connectivity index is 1.46. The van der Waals surface area contributed by atoms with Crippen LogP contribution in [0.1, 0.15) is 122 Å². The summed E-state index contributed by atoms with van der Waals surface area (Å²) in [4.78, 5) is 0. The van der Waals surface area contributed by atoms with E-state index in [4.69, 9.17) is 9.47 Å². The van der Waals surface area contributed by atoms with Gasteiger partial charge in [-0.15, -0.1) is 0 Å². The number of hydrogen-bond acceptors (Lipinski definition) is 2. The van der Waals surface area contributed by atoms with Gasteiger partial charge in [0.25, 0.3) is 0 Å². The highest BCUT2D eigenvalue weighted by Crippen LogP contribution is 2.40. The summed E-state index contributed by atoms with van der Waals surface area (Å²) in [6.45, 7) is 5.39. The first-order chi connectivity index (χ1) is 17.8. The van der Waals surface area contributed by atoms with E-state index in [0.717, 1.165) is 24.7 Å². The fraction of sp³-hybridized carbons (Fsp3) is 0.647. The summed E-state index contributed by atoms with van der Waals surface area (Å²) in [6.07, 6.45) is 20.2. The van der Waals surface area contributed by atoms with Crippen molar-refractivity contribution in [1.29, 1.82) is 0 Å². The Hall–Kier alpha value is -1.80. The zero-order valence-corrected chi connectivity index (χ0v) is 23.5. The smallest absolute Gasteiger partial charge is 0.127 e. The van der Waals surface area contributed by atoms with Gasteiger partial charge in [-0.25, -0.2) is 0 Å². The van der Waals surface area contributed by atoms with Crippen molar-refractivity contribution >= 4 is 0 Å². The molecule has 2 aromatic rings. The summed E-state index contributed by atoms with van der Waals surface area (Å²) in [5.41, 5.74) is 3.86. The maximum atomic E-state index is 6.26. The summed E-state index contributed by atoms with van der Waals surface area (Å²) in [7, 11) is 1.89. The lowest BCUT2D eigenvalue weighted by atomic mass is 9.75. The highest BCUT2D eigenvalue weighted by atomic mass is 16.5. The number of rotatable bonds is 17. The Morgan fingerprint density at radius 2 is 1.39 bits per heavy atom. The third kappa shape index (κ3) is 9.25. The van der Waals surface area contributed by atoms with E-state index in [0.29, 0.717) is 12.0 Å². The molecule has 0 heterocycles. The number of benzene rings is 2. The lowest BCUT2D eigenvalue weighted by molar-refractivity contribution is 0.0307. The first-order valence-electron chi connectivity index (χ1n) is 15.1. The van der Waals surface area contributed by atoms with E-state index in [1.165, 1.54) is 107 Å². The summed E-state index contributed by atoms with van der Waals surface area (Å²) < 4.78 is 12.2. The molecule has 0 aromatic heterocycles. The van der Waals surface area contributed by atoms with E-state index < -0.39 is 0 Å². The van der Waals surface area contributed by atoms with Gasteiger partial charge >= 0.3 is 0 Å². The molecule has 1 fully saturated rings. The van der Waals surface area contributed by atoms with Crippen molar-refractivity contribution in [2.75, 3.05) is 13.7 Å². The van der Waals surface area contributed by atoms with Gasteiger partial charge in [0.15, 0.2) is 0 Å². The monoisotopic (exact) mass is 492 g/mol. The zero-order chi connectivity index (χ0) is 25.4. The number of para-hydroxylation sites is 1. The summed E-state index contributed by atoms with van der Waals surface area (Å²) in [5.74, 6) is 2.35. The average molecular weight is 493 g/mol. The third-order valence-corrected chi connectivity index (χ3v) is 8.19. The van der Waals surface area contributed by atoms with Gasteiger partial charge in [0.2, 0.25) is 0 Å². The molecule has 3 atom stereocenters. The molecule has 0 saturated heterocycles. The number of methoxy groups -OCH3 is 1. The molecule has 1 aliphatic carbocycles. The van der Waals surface area contributed by atoms with Gasteiger partial charge in [-0.1, -0.05) is 127 Å². The molecule has 1 aliphatic rings. The summed E-state index contributed by atoms with van der Waals surface area (Å²) >= 11 is 0. The summed E-state index contributed by atoms with van der Waals surface area (Å²) in [5, 5.41) is 0. The largest absolute Gasteiger partial charge is 0.493 e. The number of ether oxygens (including phenoxy) is 2. The van der Waals surface area contributed by atoms with Gasteiger partial charge in [0.05, 0.1) is 12.7 Å². The van der Waals surface area contributed by atoms with E-state index in [-0.39, 0.29) is 0 Å². The van der Waals surface area contributed by atoms with Crippen molar-refractivity contribution in [3.05, 3.63) is 54.1 Å². The summed E-state index contributed by atoms with van der Waals surface area (Å²) in [6, 6.07) is 17.7. The quantitative estimate of drug-likeness (QED) is 0.204. The van der Waals surface area contributed by atoms with Crippen LogP contribution in [-0.2, 0) is 4.74 Å². The highest BCUT2D eigenvalue weighted by Gasteiger charge is 2.31. The molecule has 0 N–H and O–H groups in total. The predicted octanol–water partition coefficient (Wildman–Crippen LogP) is 10.4. The van der Waals surface area contributed by atoms with Gasteiger partial charge in [-0.2, -0.15) is 0 Å². The van der Waals surface area contributed by atoms with Crippen LogP contribution in [0.25, 0.3) is 11.1 Å². The highest BCUT2D eigenvalue weighted by molar-refractivity contribution is 5.70. The van der Waals surface area contributed by atoms with Crippen molar-refractivity contribution < 1.29 is 9.47 Å². The van der Waals surface area contributed by atoms with Gasteiger partial charge < -0.3 is 9.47 Å². The topological polar surface area (TPSA) is 18.5 Å². The van der Waals surface area contributed by atoms with Crippen LogP contribution in [0.3, 0.4) is 0 Å². The third-order valence-electron chi connectivity index (χ3n) is 8.19. The minimum Gasteiger partial charge on any atom is -0.493 e. The Labute approximate surface area is 222 Å². The van der Waals surface area contributed by atoms with Crippen molar-refractivity contribution in [2.24, 2.45) is 5.92 Å². The molecular weight excluding hydrogens is 440 g/mol. The van der Waals surface area contributed by atoms with Crippen molar-refractivity contribution in [3.63, 3.8) is 0 Å². The average Bonchev–Trinajstić information content (AvgIpc) is 2.92. The Bertz CT molecular complexity index is 827. The predicted molar refractivity (Wildman–Crippen MR) is 155 cm³/mol. The van der Waals surface area contributed by atoms with Crippen LogP contribution in [0.15, 0.2) is 48.5 Å². The van der Waals surface area contributed by atoms with Crippen LogP contribution in [0.2, 0.25) is 0 Å². The molecule has 1 saturated carbocycles. The molecule has 0 aliphatic heterocycles. The molecule has 2 nitrogen and oxygen atoms in total. The lowest BCUT2D eigenvalue weighted by Crippen LogP contribution is -2.29. The maximum Gasteiger partial charge on any atom is 0.127 e. The standard InChI is InChI=1S/C34H52O2/c1-4-6-7-8-9-10-11-12-13-16-26-36-33-19-15-14-18-31(33)29-21-23-30(24-22-29)32-25-20-28(17-5-2)27-34(32)35-3/h14-15,18-19,21-24,28,32,34H,4-13,16-17,20,25-27H2,1-3H3. The molecule has 36 heavy (non-hydrogen) atoms. The van der Waals surface area contributed by atoms with Crippen LogP contribution < -0.4 is 4.74 Å². The van der Waals surface area contributed by atoms with E-state index in [1.807, 2.05) is 7.11 Å². The van der Waals surface area contributed by atoms with Crippen LogP contribution in [0.5, 0.6) is 5.75 Å². The second kappa shape index (κ2) is 16.8. The van der Waals surface area contributed by atoms with Crippen molar-refractivity contribution in [2.45, 2.75) is 122 Å². The van der Waals surface area contributed by atoms with Crippen molar-refractivity contribution in [3.8, 4) is 16.9 Å². The molecule has 2 aromatic carbocycles. The number of hydrogen-bond donors (Lipinski definition) is 0. The van der Waals surface area contributed by atoms with Crippen LogP contribution >= 0.6 is 0 Å². The molecule has 2 heteroatoms. The fourth-order valence-electron chi connectivity index (χ4n) is 6.04. The molecule has 3 unspecified atom stereocenters. The molecule has 200 valence electrons. The maximum absolute atomic E-state index is 6.26. The van der Waals surface area contributed by atoms with E-state index >= 15 is 0 Å². The fourth-order valence-corrected chi connectivity index (χ4v) is 6.04. The minimum absolute atomic E-state index is 0.345. The minimum atomic E-state index is 0.345. The van der Waals surface area contributed by atoms with Crippen LogP contribution in [0, 0.1) is 5.92 Å². The van der Waals surface area contributed by atoms with Crippen LogP contribution in [-0.4, -0.2) is 19.8 Å². The molecule has 0 spiro atoms. The van der Waals surface area contributed by atoms with Gasteiger partial charge in [-0.3, -0.25) is 0 Å². The first-order valence-corrected chi connectivity index (χ1v) is 15.1. The molecule has 0 bridgehead atoms. The number of unbranched alkanes of at least 4 members (excludes halogenated alkanes) is 9. The van der Waals surface area contributed by atoms with Crippen molar-refractivity contribution in [1.82, 2.24) is 0 Å². The normalized spacial score (nSPS) is 19.9. The van der Waals surface area contributed by atoms with E-state index in [1.54, 1.807) is 0 Å². The molecular formula is C34H52O2. The van der Waals surface area contributed by atoms with Gasteiger partial charge in [0, 0.05) is 18.6 Å². The van der Waals surface area contributed by atoms with E-state index in [2.05, 4.69) is 62.4 Å². The first kappa shape index (κ1) is 28.8. The van der Waals surface area contributed by atoms with E-state index in [9.17, 15) is 0 Å². The molecule has 3 rings (SSSR count). The van der Waals surface area contributed by atoms with Crippen LogP contribution in [0.4, 0.5) is 0 Å². The second-order valence-electron chi connectivity index (χ2n) is 11.0. The second-order valence-corrected chi connectivity index (χ2v) is 11.0. The SMILES string of the molecule is CCCCCCCCCCCCOc1ccccc1-c1ccc(C2CCC(CCC)CC2OC)cc1. The van der Waals surface area contributed by atoms with Gasteiger partial charge in [-0.05, 0) is 48.8 Å². The Morgan fingerprint density at radius 3 is 2.06 bits per heavy atom. The lowest BCUT2D eigenvalue weighted by Gasteiger charge is -2.35. The van der Waals surface area contributed by atoms with Gasteiger partial charge in [0.1, 0.15) is 5.75 Å². The Morgan fingerprint density at radius 1 is 0.722 bits per heavy atom. The Kier molecular flexibility index (Phi) is 13.5. The molecule has 0 amide bonds. The molecule has 0 radical (unpaired) electrons.